The fourth-order valence-corrected chi connectivity index (χ4v) is 5.45. The average Bonchev–Trinajstić information content (AvgIpc) is 3.30. The molecule has 3 aliphatic rings. The van der Waals surface area contributed by atoms with Crippen LogP contribution in [-0.2, 0) is 11.2 Å². The van der Waals surface area contributed by atoms with Gasteiger partial charge in [0, 0.05) is 57.8 Å². The first-order valence-electron chi connectivity index (χ1n) is 12.2. The Hall–Kier alpha value is -2.08. The first kappa shape index (κ1) is 25.0. The monoisotopic (exact) mass is 478 g/mol. The number of urea groups is 1. The van der Waals surface area contributed by atoms with Crippen molar-refractivity contribution in [3.05, 3.63) is 17.8 Å². The number of carbonyl (C=O) groups is 1. The minimum Gasteiger partial charge on any atom is -0.385 e. The lowest BCUT2D eigenvalue weighted by Crippen LogP contribution is -2.63. The number of nitrogens with zero attached hydrogens (tertiary/aromatic N) is 5. The molecule has 4 rings (SSSR count). The number of likely N-dealkylation sites (tertiary alicyclic amines) is 1. The lowest BCUT2D eigenvalue weighted by Gasteiger charge is -2.46. The van der Waals surface area contributed by atoms with Crippen LogP contribution in [0.4, 0.5) is 15.0 Å². The minimum atomic E-state index is -0.494. The predicted octanol–water partition coefficient (Wildman–Crippen LogP) is 1.26. The lowest BCUT2D eigenvalue weighted by atomic mass is 9.90. The van der Waals surface area contributed by atoms with Gasteiger partial charge in [0.05, 0.1) is 23.9 Å². The van der Waals surface area contributed by atoms with Crippen molar-refractivity contribution < 1.29 is 13.9 Å². The van der Waals surface area contributed by atoms with Crippen molar-refractivity contribution in [2.24, 2.45) is 5.92 Å². The minimum absolute atomic E-state index is 0.0141. The lowest BCUT2D eigenvalue weighted by molar-refractivity contribution is 0.0502. The molecule has 11 heteroatoms. The van der Waals surface area contributed by atoms with E-state index in [-0.39, 0.29) is 36.0 Å². The van der Waals surface area contributed by atoms with Gasteiger partial charge in [0.25, 0.3) is 0 Å². The molecule has 1 aromatic heterocycles. The summed E-state index contributed by atoms with van der Waals surface area (Å²) in [5.74, 6) is 0.299. The number of likely N-dealkylation sites (N-methyl/N-ethyl adjacent to an activating group) is 1. The van der Waals surface area contributed by atoms with Gasteiger partial charge < -0.3 is 19.9 Å². The van der Waals surface area contributed by atoms with Crippen LogP contribution in [0.2, 0.25) is 0 Å². The summed E-state index contributed by atoms with van der Waals surface area (Å²) < 4.78 is 19.6. The number of hydrogen-bond acceptors (Lipinski definition) is 8. The van der Waals surface area contributed by atoms with Crippen molar-refractivity contribution >= 4 is 11.8 Å². The maximum absolute atomic E-state index is 14.5. The van der Waals surface area contributed by atoms with Gasteiger partial charge in [-0.2, -0.15) is 0 Å². The number of nitrogens with one attached hydrogen (secondary N) is 3. The highest BCUT2D eigenvalue weighted by molar-refractivity contribution is 5.76. The first-order valence-corrected chi connectivity index (χ1v) is 12.2. The fourth-order valence-electron chi connectivity index (χ4n) is 5.45. The Morgan fingerprint density at radius 3 is 2.76 bits per heavy atom. The molecule has 3 fully saturated rings. The number of methoxy groups -OCH3 is 1. The molecule has 4 heterocycles. The topological polar surface area (TPSA) is 97.9 Å². The molecule has 3 saturated heterocycles. The second kappa shape index (κ2) is 9.88. The molecular weight excluding hydrogens is 439 g/mol. The van der Waals surface area contributed by atoms with Crippen LogP contribution in [0.3, 0.4) is 0 Å². The van der Waals surface area contributed by atoms with Crippen LogP contribution >= 0.6 is 0 Å². The van der Waals surface area contributed by atoms with E-state index in [0.717, 1.165) is 13.0 Å². The smallest absolute Gasteiger partial charge is 0.320 e. The van der Waals surface area contributed by atoms with Crippen molar-refractivity contribution in [2.45, 2.75) is 70.4 Å². The van der Waals surface area contributed by atoms with E-state index in [1.165, 1.54) is 6.20 Å². The van der Waals surface area contributed by atoms with Crippen molar-refractivity contribution in [3.63, 3.8) is 0 Å². The molecule has 3 unspecified atom stereocenters. The predicted molar refractivity (Wildman–Crippen MR) is 128 cm³/mol. The van der Waals surface area contributed by atoms with Crippen LogP contribution in [0.5, 0.6) is 0 Å². The van der Waals surface area contributed by atoms with E-state index >= 15 is 0 Å². The maximum atomic E-state index is 14.5. The fraction of sp³-hybridized carbons (Fsp3) is 0.783. The Kier molecular flexibility index (Phi) is 7.28. The third kappa shape index (κ3) is 4.71. The van der Waals surface area contributed by atoms with Crippen LogP contribution in [-0.4, -0.2) is 101 Å². The highest BCUT2D eigenvalue weighted by Gasteiger charge is 2.56. The number of anilines is 1. The Morgan fingerprint density at radius 2 is 2.03 bits per heavy atom. The Morgan fingerprint density at radius 1 is 1.26 bits per heavy atom. The maximum Gasteiger partial charge on any atom is 0.320 e. The van der Waals surface area contributed by atoms with Crippen LogP contribution < -0.4 is 16.2 Å². The molecule has 3 aliphatic heterocycles. The number of fused-ring (bicyclic) bond motifs is 1. The molecule has 10 nitrogen and oxygen atoms in total. The van der Waals surface area contributed by atoms with E-state index < -0.39 is 11.4 Å². The molecule has 0 bridgehead atoms. The van der Waals surface area contributed by atoms with Crippen molar-refractivity contribution in [1.29, 1.82) is 0 Å². The number of amides is 2. The van der Waals surface area contributed by atoms with E-state index in [9.17, 15) is 9.18 Å². The molecule has 3 N–H and O–H groups in total. The summed E-state index contributed by atoms with van der Waals surface area (Å²) >= 11 is 0. The van der Waals surface area contributed by atoms with Gasteiger partial charge in [0.1, 0.15) is 5.82 Å². The SMILES string of the molecule is COCCCc1ncc(F)c(NC2NNC3C2CN(C(=O)N2C[C@@H](C)N(C)C[C@@H]2C)C3(C)C)n1. The highest BCUT2D eigenvalue weighted by Crippen LogP contribution is 2.38. The van der Waals surface area contributed by atoms with E-state index in [0.29, 0.717) is 38.0 Å². The standard InChI is InChI=1S/C23H39FN8O2/c1-14-12-31(15(2)11-30(14)5)22(33)32-13-16-19(23(32,3)4)28-29-20(16)27-21-17(24)10-25-18(26-21)8-7-9-34-6/h10,14-16,19-20,28-29H,7-9,11-13H2,1-6H3,(H,25,26,27)/t14-,15+,16?,19?,20?/m1/s1. The number of hydrazine groups is 1. The second-order valence-electron chi connectivity index (χ2n) is 10.5. The second-order valence-corrected chi connectivity index (χ2v) is 10.5. The third-order valence-electron chi connectivity index (χ3n) is 7.71. The Labute approximate surface area is 201 Å². The van der Waals surface area contributed by atoms with Crippen molar-refractivity contribution in [1.82, 2.24) is 35.5 Å². The molecule has 190 valence electrons. The summed E-state index contributed by atoms with van der Waals surface area (Å²) in [5.41, 5.74) is 6.20. The third-order valence-corrected chi connectivity index (χ3v) is 7.71. The summed E-state index contributed by atoms with van der Waals surface area (Å²) in [6.45, 7) is 11.2. The number of rotatable bonds is 6. The number of hydrogen-bond donors (Lipinski definition) is 3. The zero-order chi connectivity index (χ0) is 24.6. The van der Waals surface area contributed by atoms with Crippen molar-refractivity contribution in [2.75, 3.05) is 45.7 Å². The van der Waals surface area contributed by atoms with Gasteiger partial charge in [0.15, 0.2) is 11.6 Å². The van der Waals surface area contributed by atoms with Gasteiger partial charge in [-0.15, -0.1) is 0 Å². The Bertz CT molecular complexity index is 887. The van der Waals surface area contributed by atoms with Gasteiger partial charge in [-0.25, -0.2) is 24.6 Å². The molecule has 34 heavy (non-hydrogen) atoms. The van der Waals surface area contributed by atoms with Crippen LogP contribution in [0.25, 0.3) is 0 Å². The van der Waals surface area contributed by atoms with Gasteiger partial charge >= 0.3 is 6.03 Å². The van der Waals surface area contributed by atoms with Gasteiger partial charge in [-0.3, -0.25) is 10.3 Å². The van der Waals surface area contributed by atoms with Crippen LogP contribution in [0.15, 0.2) is 6.20 Å². The molecule has 0 spiro atoms. The van der Waals surface area contributed by atoms with E-state index in [4.69, 9.17) is 4.74 Å². The van der Waals surface area contributed by atoms with Crippen LogP contribution in [0.1, 0.15) is 39.9 Å². The summed E-state index contributed by atoms with van der Waals surface area (Å²) in [5, 5.41) is 3.22. The number of aromatic nitrogens is 2. The van der Waals surface area contributed by atoms with Crippen molar-refractivity contribution in [3.8, 4) is 0 Å². The number of carbonyl (C=O) groups excluding carboxylic acids is 1. The average molecular weight is 479 g/mol. The molecule has 0 saturated carbocycles. The quantitative estimate of drug-likeness (QED) is 0.526. The van der Waals surface area contributed by atoms with Gasteiger partial charge in [0.2, 0.25) is 0 Å². The molecule has 5 atom stereocenters. The normalized spacial score (nSPS) is 31.1. The molecule has 0 aliphatic carbocycles. The largest absolute Gasteiger partial charge is 0.385 e. The molecule has 0 radical (unpaired) electrons. The van der Waals surface area contributed by atoms with E-state index in [1.807, 2.05) is 9.80 Å². The van der Waals surface area contributed by atoms with Gasteiger partial charge in [-0.05, 0) is 41.2 Å². The summed E-state index contributed by atoms with van der Waals surface area (Å²) in [7, 11) is 3.75. The zero-order valence-electron chi connectivity index (χ0n) is 21.1. The first-order chi connectivity index (χ1) is 16.1. The van der Waals surface area contributed by atoms with Gasteiger partial charge in [-0.1, -0.05) is 0 Å². The molecule has 0 aromatic carbocycles. The van der Waals surface area contributed by atoms with E-state index in [1.54, 1.807) is 7.11 Å². The Balaban J connectivity index is 1.47. The summed E-state index contributed by atoms with van der Waals surface area (Å²) in [6, 6.07) is 0.552. The number of halogens is 1. The highest BCUT2D eigenvalue weighted by atomic mass is 19.1. The number of piperazine rings is 1. The van der Waals surface area contributed by atoms with Crippen LogP contribution in [0, 0.1) is 11.7 Å². The number of ether oxygens (including phenoxy) is 1. The number of aryl methyl sites for hydroxylation is 1. The molecule has 1 aromatic rings. The summed E-state index contributed by atoms with van der Waals surface area (Å²) in [6.07, 6.45) is 2.32. The molecular formula is C23H39FN8O2. The molecule has 2 amide bonds. The summed E-state index contributed by atoms with van der Waals surface area (Å²) in [4.78, 5) is 28.4. The zero-order valence-corrected chi connectivity index (χ0v) is 21.1. The van der Waals surface area contributed by atoms with E-state index in [2.05, 4.69) is 65.8 Å².